The van der Waals surface area contributed by atoms with E-state index in [1.165, 1.54) is 25.8 Å². The van der Waals surface area contributed by atoms with Crippen molar-refractivity contribution < 1.29 is 4.74 Å². The maximum atomic E-state index is 5.32. The summed E-state index contributed by atoms with van der Waals surface area (Å²) in [5.74, 6) is 1.68. The lowest BCUT2D eigenvalue weighted by Crippen LogP contribution is -2.25. The first-order chi connectivity index (χ1) is 6.29. The van der Waals surface area contributed by atoms with Crippen LogP contribution in [-0.4, -0.2) is 26.3 Å². The molecule has 0 aliphatic carbocycles. The third-order valence-corrected chi connectivity index (χ3v) is 2.62. The van der Waals surface area contributed by atoms with E-state index in [-0.39, 0.29) is 0 Å². The highest BCUT2D eigenvalue weighted by Crippen LogP contribution is 2.17. The van der Waals surface area contributed by atoms with Gasteiger partial charge >= 0.3 is 0 Å². The molecule has 0 amide bonds. The fraction of sp³-hybridized carbons (Fsp3) is 1.00. The second kappa shape index (κ2) is 6.39. The largest absolute Gasteiger partial charge is 0.381 e. The summed E-state index contributed by atoms with van der Waals surface area (Å²) in [5, 5.41) is 3.49. The summed E-state index contributed by atoms with van der Waals surface area (Å²) in [6.07, 6.45) is 3.86. The first kappa shape index (κ1) is 11.0. The molecule has 0 aromatic heterocycles. The molecule has 1 rings (SSSR count). The van der Waals surface area contributed by atoms with Crippen LogP contribution in [0.3, 0.4) is 0 Å². The maximum absolute atomic E-state index is 5.32. The first-order valence-electron chi connectivity index (χ1n) is 5.57. The Hall–Kier alpha value is -0.0800. The van der Waals surface area contributed by atoms with Gasteiger partial charge in [0.1, 0.15) is 0 Å². The van der Waals surface area contributed by atoms with Crippen LogP contribution in [0.1, 0.15) is 33.1 Å². The third kappa shape index (κ3) is 5.27. The Balaban J connectivity index is 1.92. The van der Waals surface area contributed by atoms with Crippen molar-refractivity contribution >= 4 is 0 Å². The lowest BCUT2D eigenvalue weighted by atomic mass is 9.97. The van der Waals surface area contributed by atoms with E-state index in [4.69, 9.17) is 4.74 Å². The fourth-order valence-corrected chi connectivity index (χ4v) is 1.73. The quantitative estimate of drug-likeness (QED) is 0.662. The van der Waals surface area contributed by atoms with Gasteiger partial charge in [0.25, 0.3) is 0 Å². The fourth-order valence-electron chi connectivity index (χ4n) is 1.73. The molecular formula is C11H23NO. The minimum atomic E-state index is 0.773. The van der Waals surface area contributed by atoms with Crippen LogP contribution in [0.25, 0.3) is 0 Å². The summed E-state index contributed by atoms with van der Waals surface area (Å²) in [6, 6.07) is 0. The normalized spacial score (nSPS) is 19.6. The Bertz CT molecular complexity index is 119. The van der Waals surface area contributed by atoms with Crippen molar-refractivity contribution in [3.8, 4) is 0 Å². The molecule has 1 fully saturated rings. The minimum Gasteiger partial charge on any atom is -0.381 e. The summed E-state index contributed by atoms with van der Waals surface area (Å²) in [4.78, 5) is 0. The van der Waals surface area contributed by atoms with Gasteiger partial charge in [-0.2, -0.15) is 0 Å². The molecule has 1 N–H and O–H groups in total. The van der Waals surface area contributed by atoms with Crippen molar-refractivity contribution in [2.45, 2.75) is 33.1 Å². The standard InChI is InChI=1S/C11H23NO/c1-10(2)9-12-6-3-11-4-7-13-8-5-11/h10-12H,3-9H2,1-2H3. The van der Waals surface area contributed by atoms with Gasteiger partial charge in [-0.3, -0.25) is 0 Å². The monoisotopic (exact) mass is 185 g/mol. The van der Waals surface area contributed by atoms with Gasteiger partial charge < -0.3 is 10.1 Å². The molecule has 2 heteroatoms. The molecule has 0 aromatic rings. The van der Waals surface area contributed by atoms with Crippen molar-refractivity contribution in [2.75, 3.05) is 26.3 Å². The molecule has 2 nitrogen and oxygen atoms in total. The maximum Gasteiger partial charge on any atom is 0.0468 e. The average molecular weight is 185 g/mol. The van der Waals surface area contributed by atoms with Gasteiger partial charge in [-0.25, -0.2) is 0 Å². The highest BCUT2D eigenvalue weighted by atomic mass is 16.5. The van der Waals surface area contributed by atoms with Crippen LogP contribution < -0.4 is 5.32 Å². The van der Waals surface area contributed by atoms with Gasteiger partial charge in [0.2, 0.25) is 0 Å². The molecule has 1 aliphatic heterocycles. The molecule has 0 radical (unpaired) electrons. The smallest absolute Gasteiger partial charge is 0.0468 e. The molecule has 1 aliphatic rings. The van der Waals surface area contributed by atoms with E-state index in [9.17, 15) is 0 Å². The molecule has 1 saturated heterocycles. The van der Waals surface area contributed by atoms with Crippen LogP contribution in [0.5, 0.6) is 0 Å². The predicted octanol–water partition coefficient (Wildman–Crippen LogP) is 2.05. The zero-order valence-corrected chi connectivity index (χ0v) is 9.01. The summed E-state index contributed by atoms with van der Waals surface area (Å²) >= 11 is 0. The molecule has 0 saturated carbocycles. The summed E-state index contributed by atoms with van der Waals surface area (Å²) in [5.41, 5.74) is 0. The van der Waals surface area contributed by atoms with Gasteiger partial charge in [0.15, 0.2) is 0 Å². The van der Waals surface area contributed by atoms with E-state index in [1.807, 2.05) is 0 Å². The van der Waals surface area contributed by atoms with Gasteiger partial charge in [0, 0.05) is 13.2 Å². The topological polar surface area (TPSA) is 21.3 Å². The van der Waals surface area contributed by atoms with Crippen molar-refractivity contribution in [2.24, 2.45) is 11.8 Å². The van der Waals surface area contributed by atoms with Crippen LogP contribution in [0.15, 0.2) is 0 Å². The van der Waals surface area contributed by atoms with Crippen molar-refractivity contribution in [3.63, 3.8) is 0 Å². The summed E-state index contributed by atoms with van der Waals surface area (Å²) < 4.78 is 5.32. The molecule has 0 bridgehead atoms. The Morgan fingerprint density at radius 1 is 1.31 bits per heavy atom. The van der Waals surface area contributed by atoms with Gasteiger partial charge in [-0.05, 0) is 44.2 Å². The molecule has 0 unspecified atom stereocenters. The van der Waals surface area contributed by atoms with Crippen molar-refractivity contribution in [1.29, 1.82) is 0 Å². The summed E-state index contributed by atoms with van der Waals surface area (Å²) in [6.45, 7) is 8.80. The van der Waals surface area contributed by atoms with Crippen LogP contribution >= 0.6 is 0 Å². The van der Waals surface area contributed by atoms with Crippen molar-refractivity contribution in [1.82, 2.24) is 5.32 Å². The van der Waals surface area contributed by atoms with Gasteiger partial charge in [-0.1, -0.05) is 13.8 Å². The van der Waals surface area contributed by atoms with Crippen LogP contribution in [-0.2, 0) is 4.74 Å². The zero-order chi connectivity index (χ0) is 9.52. The SMILES string of the molecule is CC(C)CNCCC1CCOCC1. The Kier molecular flexibility index (Phi) is 5.40. The van der Waals surface area contributed by atoms with Gasteiger partial charge in [-0.15, -0.1) is 0 Å². The molecule has 1 heterocycles. The van der Waals surface area contributed by atoms with Crippen LogP contribution in [0, 0.1) is 11.8 Å². The van der Waals surface area contributed by atoms with Crippen molar-refractivity contribution in [3.05, 3.63) is 0 Å². The molecule has 78 valence electrons. The third-order valence-electron chi connectivity index (χ3n) is 2.62. The number of hydrogen-bond acceptors (Lipinski definition) is 2. The lowest BCUT2D eigenvalue weighted by Gasteiger charge is -2.22. The predicted molar refractivity (Wildman–Crippen MR) is 55.9 cm³/mol. The second-order valence-electron chi connectivity index (χ2n) is 4.44. The Labute approximate surface area is 82.0 Å². The van der Waals surface area contributed by atoms with E-state index in [0.717, 1.165) is 31.6 Å². The number of ether oxygens (including phenoxy) is 1. The Morgan fingerprint density at radius 3 is 2.62 bits per heavy atom. The summed E-state index contributed by atoms with van der Waals surface area (Å²) in [7, 11) is 0. The molecule has 0 atom stereocenters. The van der Waals surface area contributed by atoms with E-state index in [0.29, 0.717) is 0 Å². The van der Waals surface area contributed by atoms with Crippen LogP contribution in [0.4, 0.5) is 0 Å². The first-order valence-corrected chi connectivity index (χ1v) is 5.57. The molecule has 0 spiro atoms. The van der Waals surface area contributed by atoms with E-state index in [2.05, 4.69) is 19.2 Å². The number of hydrogen-bond donors (Lipinski definition) is 1. The molecule has 0 aromatic carbocycles. The molecule has 13 heavy (non-hydrogen) atoms. The zero-order valence-electron chi connectivity index (χ0n) is 9.01. The minimum absolute atomic E-state index is 0.773. The lowest BCUT2D eigenvalue weighted by molar-refractivity contribution is 0.0639. The number of rotatable bonds is 5. The van der Waals surface area contributed by atoms with Gasteiger partial charge in [0.05, 0.1) is 0 Å². The Morgan fingerprint density at radius 2 is 2.00 bits per heavy atom. The van der Waals surface area contributed by atoms with E-state index in [1.54, 1.807) is 0 Å². The second-order valence-corrected chi connectivity index (χ2v) is 4.44. The molecular weight excluding hydrogens is 162 g/mol. The van der Waals surface area contributed by atoms with Crippen LogP contribution in [0.2, 0.25) is 0 Å². The highest BCUT2D eigenvalue weighted by molar-refractivity contribution is 4.64. The van der Waals surface area contributed by atoms with E-state index < -0.39 is 0 Å². The van der Waals surface area contributed by atoms with E-state index >= 15 is 0 Å². The average Bonchev–Trinajstić information content (AvgIpc) is 2.14. The highest BCUT2D eigenvalue weighted by Gasteiger charge is 2.12. The number of nitrogens with one attached hydrogen (secondary N) is 1.